The van der Waals surface area contributed by atoms with E-state index in [4.69, 9.17) is 4.74 Å². The van der Waals surface area contributed by atoms with E-state index in [0.717, 1.165) is 22.9 Å². The van der Waals surface area contributed by atoms with Crippen molar-refractivity contribution in [1.29, 1.82) is 0 Å². The molecular formula is C22H23N3O2S. The highest BCUT2D eigenvalue weighted by atomic mass is 32.2. The van der Waals surface area contributed by atoms with Crippen LogP contribution in [0.3, 0.4) is 0 Å². The van der Waals surface area contributed by atoms with Crippen LogP contribution < -0.4 is 10.1 Å². The van der Waals surface area contributed by atoms with Gasteiger partial charge in [0.1, 0.15) is 5.75 Å². The van der Waals surface area contributed by atoms with Gasteiger partial charge in [0.25, 0.3) is 0 Å². The molecule has 0 radical (unpaired) electrons. The van der Waals surface area contributed by atoms with Crippen LogP contribution in [-0.4, -0.2) is 21.6 Å². The largest absolute Gasteiger partial charge is 0.439 e. The molecule has 28 heavy (non-hydrogen) atoms. The van der Waals surface area contributed by atoms with Crippen molar-refractivity contribution < 1.29 is 9.53 Å². The number of aromatic nitrogens is 2. The average molecular weight is 394 g/mol. The highest BCUT2D eigenvalue weighted by Gasteiger charge is 2.05. The van der Waals surface area contributed by atoms with Crippen molar-refractivity contribution in [3.8, 4) is 11.6 Å². The molecule has 6 heteroatoms. The molecule has 0 saturated carbocycles. The number of hydrogen-bond donors (Lipinski definition) is 1. The van der Waals surface area contributed by atoms with E-state index < -0.39 is 0 Å². The molecule has 0 fully saturated rings. The normalized spacial score (nSPS) is 10.5. The molecule has 0 atom stereocenters. The van der Waals surface area contributed by atoms with Gasteiger partial charge in [-0.15, -0.1) is 0 Å². The second-order valence-corrected chi connectivity index (χ2v) is 7.51. The number of thioether (sulfide) groups is 1. The predicted molar refractivity (Wildman–Crippen MR) is 114 cm³/mol. The number of amides is 1. The van der Waals surface area contributed by atoms with Gasteiger partial charge in [0, 0.05) is 30.2 Å². The number of nitrogens with one attached hydrogen (secondary N) is 1. The first-order valence-electron chi connectivity index (χ1n) is 9.09. The number of anilines is 1. The third kappa shape index (κ3) is 6.09. The Morgan fingerprint density at radius 3 is 2.68 bits per heavy atom. The van der Waals surface area contributed by atoms with Crippen molar-refractivity contribution >= 4 is 23.4 Å². The summed E-state index contributed by atoms with van der Waals surface area (Å²) in [5, 5.41) is 2.86. The number of rotatable bonds is 8. The Morgan fingerprint density at radius 1 is 1.07 bits per heavy atom. The monoisotopic (exact) mass is 393 g/mol. The Bertz CT molecular complexity index is 915. The fourth-order valence-electron chi connectivity index (χ4n) is 2.46. The van der Waals surface area contributed by atoms with Gasteiger partial charge in [-0.1, -0.05) is 12.1 Å². The molecule has 1 amide bonds. The lowest BCUT2D eigenvalue weighted by atomic mass is 10.1. The van der Waals surface area contributed by atoms with Crippen molar-refractivity contribution in [2.24, 2.45) is 0 Å². The van der Waals surface area contributed by atoms with Crippen LogP contribution in [0.1, 0.15) is 23.2 Å². The number of benzene rings is 1. The Balaban J connectivity index is 1.43. The lowest BCUT2D eigenvalue weighted by Gasteiger charge is -2.08. The Hall–Kier alpha value is -2.86. The quantitative estimate of drug-likeness (QED) is 0.536. The van der Waals surface area contributed by atoms with Crippen LogP contribution in [-0.2, 0) is 10.5 Å². The zero-order valence-corrected chi connectivity index (χ0v) is 16.8. The Kier molecular flexibility index (Phi) is 7.03. The number of aryl methyl sites for hydroxylation is 2. The number of nitrogens with zero attached hydrogens (tertiary/aromatic N) is 2. The first kappa shape index (κ1) is 19.9. The van der Waals surface area contributed by atoms with Crippen LogP contribution in [0, 0.1) is 13.8 Å². The molecule has 0 aliphatic carbocycles. The molecule has 0 saturated heterocycles. The molecule has 2 aromatic heterocycles. The van der Waals surface area contributed by atoms with Crippen molar-refractivity contribution in [3.63, 3.8) is 0 Å². The average Bonchev–Trinajstić information content (AvgIpc) is 2.70. The van der Waals surface area contributed by atoms with Gasteiger partial charge in [0.05, 0.1) is 17.6 Å². The van der Waals surface area contributed by atoms with Crippen LogP contribution in [0.2, 0.25) is 0 Å². The summed E-state index contributed by atoms with van der Waals surface area (Å²) >= 11 is 1.69. The van der Waals surface area contributed by atoms with E-state index in [9.17, 15) is 4.79 Å². The van der Waals surface area contributed by atoms with E-state index in [0.29, 0.717) is 18.0 Å². The van der Waals surface area contributed by atoms with Crippen molar-refractivity contribution in [3.05, 3.63) is 77.7 Å². The number of pyridine rings is 2. The van der Waals surface area contributed by atoms with Crippen molar-refractivity contribution in [2.45, 2.75) is 26.0 Å². The van der Waals surface area contributed by atoms with Crippen LogP contribution in [0.4, 0.5) is 5.69 Å². The van der Waals surface area contributed by atoms with E-state index in [1.54, 1.807) is 36.3 Å². The lowest BCUT2D eigenvalue weighted by molar-refractivity contribution is -0.115. The molecule has 2 heterocycles. The maximum Gasteiger partial charge on any atom is 0.225 e. The van der Waals surface area contributed by atoms with Gasteiger partial charge in [0.15, 0.2) is 0 Å². The summed E-state index contributed by atoms with van der Waals surface area (Å²) in [7, 11) is 0. The summed E-state index contributed by atoms with van der Waals surface area (Å²) in [6.07, 6.45) is 3.83. The van der Waals surface area contributed by atoms with Gasteiger partial charge in [-0.2, -0.15) is 11.8 Å². The first-order chi connectivity index (χ1) is 13.6. The van der Waals surface area contributed by atoms with E-state index in [1.807, 2.05) is 43.3 Å². The fraction of sp³-hybridized carbons (Fsp3) is 0.227. The van der Waals surface area contributed by atoms with E-state index in [2.05, 4.69) is 22.2 Å². The summed E-state index contributed by atoms with van der Waals surface area (Å²) in [4.78, 5) is 20.6. The highest BCUT2D eigenvalue weighted by Crippen LogP contribution is 2.23. The maximum absolute atomic E-state index is 12.1. The Labute approximate surface area is 169 Å². The SMILES string of the molecule is Cc1ccc(Oc2ccc(NC(=O)CCSCc3ccccn3)cn2)cc1C. The summed E-state index contributed by atoms with van der Waals surface area (Å²) in [6, 6.07) is 15.3. The number of carbonyl (C=O) groups is 1. The third-order valence-corrected chi connectivity index (χ3v) is 5.16. The highest BCUT2D eigenvalue weighted by molar-refractivity contribution is 7.98. The molecule has 144 valence electrons. The molecule has 0 unspecified atom stereocenters. The standard InChI is InChI=1S/C22H23N3O2S/c1-16-6-8-20(13-17(16)2)27-22-9-7-18(14-24-22)25-21(26)10-12-28-15-19-5-3-4-11-23-19/h3-9,11,13-14H,10,12,15H2,1-2H3,(H,25,26). The van der Waals surface area contributed by atoms with Crippen LogP contribution in [0.25, 0.3) is 0 Å². The van der Waals surface area contributed by atoms with Gasteiger partial charge < -0.3 is 10.1 Å². The third-order valence-electron chi connectivity index (χ3n) is 4.17. The summed E-state index contributed by atoms with van der Waals surface area (Å²) < 4.78 is 5.76. The lowest BCUT2D eigenvalue weighted by Crippen LogP contribution is -2.12. The second kappa shape index (κ2) is 9.90. The van der Waals surface area contributed by atoms with Gasteiger partial charge in [-0.05, 0) is 55.3 Å². The minimum atomic E-state index is -0.0295. The smallest absolute Gasteiger partial charge is 0.225 e. The molecule has 0 aliphatic heterocycles. The molecule has 5 nitrogen and oxygen atoms in total. The minimum Gasteiger partial charge on any atom is -0.439 e. The molecule has 0 aliphatic rings. The molecule has 1 aromatic carbocycles. The van der Waals surface area contributed by atoms with Gasteiger partial charge in [-0.3, -0.25) is 9.78 Å². The number of carbonyl (C=O) groups excluding carboxylic acids is 1. The van der Waals surface area contributed by atoms with Gasteiger partial charge in [0.2, 0.25) is 11.8 Å². The van der Waals surface area contributed by atoms with E-state index in [1.165, 1.54) is 11.1 Å². The topological polar surface area (TPSA) is 64.1 Å². The number of hydrogen-bond acceptors (Lipinski definition) is 5. The molecular weight excluding hydrogens is 370 g/mol. The van der Waals surface area contributed by atoms with Crippen LogP contribution in [0.5, 0.6) is 11.6 Å². The Morgan fingerprint density at radius 2 is 1.96 bits per heavy atom. The van der Waals surface area contributed by atoms with E-state index >= 15 is 0 Å². The summed E-state index contributed by atoms with van der Waals surface area (Å²) in [5.74, 6) is 2.76. The number of ether oxygens (including phenoxy) is 1. The maximum atomic E-state index is 12.1. The first-order valence-corrected chi connectivity index (χ1v) is 10.2. The zero-order valence-electron chi connectivity index (χ0n) is 16.0. The second-order valence-electron chi connectivity index (χ2n) is 6.41. The van der Waals surface area contributed by atoms with Crippen molar-refractivity contribution in [1.82, 2.24) is 9.97 Å². The minimum absolute atomic E-state index is 0.0295. The van der Waals surface area contributed by atoms with Gasteiger partial charge >= 0.3 is 0 Å². The zero-order chi connectivity index (χ0) is 19.8. The van der Waals surface area contributed by atoms with E-state index in [-0.39, 0.29) is 5.91 Å². The predicted octanol–water partition coefficient (Wildman–Crippen LogP) is 5.15. The van der Waals surface area contributed by atoms with Crippen LogP contribution >= 0.6 is 11.8 Å². The summed E-state index contributed by atoms with van der Waals surface area (Å²) in [5.41, 5.74) is 4.07. The molecule has 3 aromatic rings. The van der Waals surface area contributed by atoms with Crippen molar-refractivity contribution in [2.75, 3.05) is 11.1 Å². The molecule has 0 bridgehead atoms. The fourth-order valence-corrected chi connectivity index (χ4v) is 3.32. The van der Waals surface area contributed by atoms with Crippen LogP contribution in [0.15, 0.2) is 60.9 Å². The summed E-state index contributed by atoms with van der Waals surface area (Å²) in [6.45, 7) is 4.11. The molecule has 1 N–H and O–H groups in total. The van der Waals surface area contributed by atoms with Gasteiger partial charge in [-0.25, -0.2) is 4.98 Å². The molecule has 0 spiro atoms. The molecule has 3 rings (SSSR count).